The van der Waals surface area contributed by atoms with Crippen molar-refractivity contribution in [2.24, 2.45) is 28.1 Å². The summed E-state index contributed by atoms with van der Waals surface area (Å²) in [5, 5.41) is 35.5. The molecule has 1 rings (SSSR count). The minimum atomic E-state index is -1.64. The van der Waals surface area contributed by atoms with Crippen LogP contribution in [0.4, 0.5) is 0 Å². The molecule has 1 aromatic carbocycles. The van der Waals surface area contributed by atoms with Crippen molar-refractivity contribution >= 4 is 35.6 Å². The fourth-order valence-electron chi connectivity index (χ4n) is 3.60. The van der Waals surface area contributed by atoms with Crippen LogP contribution < -0.4 is 33.2 Å². The standard InChI is InChI=1S/C25H39N7O8/c1-3-13(2)20(32-21(36)16(26)5-4-10-29-25(27)28)23(38)30-17(12-19(34)35)22(37)31-18(24(39)40)11-14-6-8-15(33)9-7-14/h6-9,13,16-18,20,33H,3-5,10-12,26H2,1-2H3,(H,30,38)(H,31,37)(H,32,36)(H,34,35)(H,39,40)(H4,27,28,29). The number of hydrogen-bond acceptors (Lipinski definition) is 8. The predicted octanol–water partition coefficient (Wildman–Crippen LogP) is -1.62. The molecular formula is C25H39N7O8. The molecule has 15 nitrogen and oxygen atoms in total. The quantitative estimate of drug-likeness (QED) is 0.0587. The maximum Gasteiger partial charge on any atom is 0.326 e. The van der Waals surface area contributed by atoms with Gasteiger partial charge in [0.2, 0.25) is 17.7 Å². The smallest absolute Gasteiger partial charge is 0.326 e. The highest BCUT2D eigenvalue weighted by atomic mass is 16.4. The molecule has 222 valence electrons. The molecule has 40 heavy (non-hydrogen) atoms. The first-order valence-corrected chi connectivity index (χ1v) is 12.7. The Labute approximate surface area is 231 Å². The molecule has 0 bridgehead atoms. The molecule has 0 aromatic heterocycles. The Kier molecular flexibility index (Phi) is 13.9. The van der Waals surface area contributed by atoms with Gasteiger partial charge in [-0.05, 0) is 36.5 Å². The SMILES string of the molecule is CCC(C)C(NC(=O)C(N)CCCN=C(N)N)C(=O)NC(CC(=O)O)C(=O)NC(Cc1ccc(O)cc1)C(=O)O. The number of aliphatic imine (C=N–C) groups is 1. The molecular weight excluding hydrogens is 526 g/mol. The van der Waals surface area contributed by atoms with E-state index in [9.17, 15) is 39.3 Å². The van der Waals surface area contributed by atoms with E-state index in [1.54, 1.807) is 13.8 Å². The fraction of sp³-hybridized carbons (Fsp3) is 0.520. The van der Waals surface area contributed by atoms with Crippen LogP contribution in [0, 0.1) is 5.92 Å². The fourth-order valence-corrected chi connectivity index (χ4v) is 3.60. The molecule has 15 heteroatoms. The Morgan fingerprint density at radius 1 is 0.925 bits per heavy atom. The van der Waals surface area contributed by atoms with Crippen LogP contribution in [0.3, 0.4) is 0 Å². The van der Waals surface area contributed by atoms with Gasteiger partial charge >= 0.3 is 11.9 Å². The van der Waals surface area contributed by atoms with Crippen molar-refractivity contribution < 1.29 is 39.3 Å². The number of nitrogens with one attached hydrogen (secondary N) is 3. The maximum absolute atomic E-state index is 13.2. The number of rotatable bonds is 17. The van der Waals surface area contributed by atoms with E-state index in [4.69, 9.17) is 17.2 Å². The first kappa shape index (κ1) is 33.6. The molecule has 5 unspecified atom stereocenters. The molecule has 3 amide bonds. The lowest BCUT2D eigenvalue weighted by Gasteiger charge is -2.27. The zero-order valence-corrected chi connectivity index (χ0v) is 22.5. The molecule has 12 N–H and O–H groups in total. The van der Waals surface area contributed by atoms with Gasteiger partial charge in [0.1, 0.15) is 23.9 Å². The summed E-state index contributed by atoms with van der Waals surface area (Å²) >= 11 is 0. The Morgan fingerprint density at radius 2 is 1.52 bits per heavy atom. The third kappa shape index (κ3) is 12.0. The lowest BCUT2D eigenvalue weighted by molar-refractivity contribution is -0.143. The summed E-state index contributed by atoms with van der Waals surface area (Å²) in [5.41, 5.74) is 16.9. The van der Waals surface area contributed by atoms with Gasteiger partial charge in [-0.15, -0.1) is 0 Å². The van der Waals surface area contributed by atoms with Gasteiger partial charge in [0.25, 0.3) is 0 Å². The number of carboxylic acid groups (broad SMARTS) is 2. The van der Waals surface area contributed by atoms with Gasteiger partial charge in [-0.3, -0.25) is 24.2 Å². The lowest BCUT2D eigenvalue weighted by atomic mass is 9.97. The summed E-state index contributed by atoms with van der Waals surface area (Å²) < 4.78 is 0. The second-order valence-corrected chi connectivity index (χ2v) is 9.36. The number of aromatic hydroxyl groups is 1. The van der Waals surface area contributed by atoms with E-state index in [0.29, 0.717) is 18.4 Å². The number of phenols is 1. The second kappa shape index (κ2) is 16.5. The van der Waals surface area contributed by atoms with Crippen LogP contribution in [-0.2, 0) is 30.4 Å². The molecule has 5 atom stereocenters. The van der Waals surface area contributed by atoms with Gasteiger partial charge in [0, 0.05) is 13.0 Å². The van der Waals surface area contributed by atoms with Crippen molar-refractivity contribution in [3.63, 3.8) is 0 Å². The zero-order valence-electron chi connectivity index (χ0n) is 22.5. The Balaban J connectivity index is 2.98. The van der Waals surface area contributed by atoms with Crippen molar-refractivity contribution in [3.8, 4) is 5.75 Å². The zero-order chi connectivity index (χ0) is 30.4. The van der Waals surface area contributed by atoms with Crippen LogP contribution in [0.25, 0.3) is 0 Å². The van der Waals surface area contributed by atoms with Crippen LogP contribution in [0.15, 0.2) is 29.3 Å². The summed E-state index contributed by atoms with van der Waals surface area (Å²) in [6.07, 6.45) is 0.0689. The number of nitrogens with two attached hydrogens (primary N) is 3. The highest BCUT2D eigenvalue weighted by molar-refractivity contribution is 5.95. The number of aliphatic carboxylic acids is 2. The largest absolute Gasteiger partial charge is 0.508 e. The highest BCUT2D eigenvalue weighted by Crippen LogP contribution is 2.13. The lowest BCUT2D eigenvalue weighted by Crippen LogP contribution is -2.59. The van der Waals surface area contributed by atoms with Crippen LogP contribution in [0.1, 0.15) is 45.1 Å². The van der Waals surface area contributed by atoms with Crippen molar-refractivity contribution in [2.45, 2.75) is 70.1 Å². The maximum atomic E-state index is 13.2. The number of guanidine groups is 1. The molecule has 0 aliphatic rings. The monoisotopic (exact) mass is 565 g/mol. The molecule has 1 aromatic rings. The summed E-state index contributed by atoms with van der Waals surface area (Å²) in [7, 11) is 0. The van der Waals surface area contributed by atoms with Crippen molar-refractivity contribution in [1.29, 1.82) is 0 Å². The second-order valence-electron chi connectivity index (χ2n) is 9.36. The number of carbonyl (C=O) groups excluding carboxylic acids is 3. The molecule has 0 aliphatic carbocycles. The van der Waals surface area contributed by atoms with E-state index in [1.165, 1.54) is 24.3 Å². The minimum absolute atomic E-state index is 0.0289. The normalized spacial score (nSPS) is 14.5. The van der Waals surface area contributed by atoms with Gasteiger partial charge < -0.3 is 48.5 Å². The highest BCUT2D eigenvalue weighted by Gasteiger charge is 2.33. The van der Waals surface area contributed by atoms with Gasteiger partial charge in [0.15, 0.2) is 5.96 Å². The first-order chi connectivity index (χ1) is 18.7. The van der Waals surface area contributed by atoms with Gasteiger partial charge in [-0.1, -0.05) is 32.4 Å². The molecule has 0 heterocycles. The first-order valence-electron chi connectivity index (χ1n) is 12.7. The summed E-state index contributed by atoms with van der Waals surface area (Å²) in [6.45, 7) is 3.71. The predicted molar refractivity (Wildman–Crippen MR) is 145 cm³/mol. The van der Waals surface area contributed by atoms with E-state index < -0.39 is 66.2 Å². The Hall–Kier alpha value is -4.40. The van der Waals surface area contributed by atoms with Crippen LogP contribution in [-0.4, -0.2) is 81.7 Å². The van der Waals surface area contributed by atoms with Gasteiger partial charge in [-0.25, -0.2) is 4.79 Å². The van der Waals surface area contributed by atoms with Crippen molar-refractivity contribution in [3.05, 3.63) is 29.8 Å². The number of carbonyl (C=O) groups is 5. The topological polar surface area (TPSA) is 273 Å². The Morgan fingerprint density at radius 3 is 2.05 bits per heavy atom. The number of hydrogen-bond donors (Lipinski definition) is 9. The summed E-state index contributed by atoms with van der Waals surface area (Å²) in [6, 6.07) is 0.416. The van der Waals surface area contributed by atoms with Gasteiger partial charge in [-0.2, -0.15) is 0 Å². The molecule has 0 spiro atoms. The number of carboxylic acids is 2. The minimum Gasteiger partial charge on any atom is -0.508 e. The van der Waals surface area contributed by atoms with E-state index in [-0.39, 0.29) is 31.1 Å². The third-order valence-corrected chi connectivity index (χ3v) is 6.10. The summed E-state index contributed by atoms with van der Waals surface area (Å²) in [5.74, 6) is -5.86. The third-order valence-electron chi connectivity index (χ3n) is 6.10. The van der Waals surface area contributed by atoms with Crippen molar-refractivity contribution in [1.82, 2.24) is 16.0 Å². The van der Waals surface area contributed by atoms with E-state index >= 15 is 0 Å². The summed E-state index contributed by atoms with van der Waals surface area (Å²) in [4.78, 5) is 65.8. The van der Waals surface area contributed by atoms with Crippen LogP contribution in [0.5, 0.6) is 5.75 Å². The average Bonchev–Trinajstić information content (AvgIpc) is 2.88. The molecule has 0 radical (unpaired) electrons. The van der Waals surface area contributed by atoms with E-state index in [0.717, 1.165) is 0 Å². The molecule has 0 saturated heterocycles. The van der Waals surface area contributed by atoms with Crippen LogP contribution in [0.2, 0.25) is 0 Å². The van der Waals surface area contributed by atoms with E-state index in [2.05, 4.69) is 20.9 Å². The number of benzene rings is 1. The number of amides is 3. The van der Waals surface area contributed by atoms with E-state index in [1.807, 2.05) is 0 Å². The van der Waals surface area contributed by atoms with Crippen LogP contribution >= 0.6 is 0 Å². The number of phenolic OH excluding ortho intramolecular Hbond substituents is 1. The van der Waals surface area contributed by atoms with Gasteiger partial charge in [0.05, 0.1) is 12.5 Å². The Bertz CT molecular complexity index is 1060. The van der Waals surface area contributed by atoms with Crippen molar-refractivity contribution in [2.75, 3.05) is 6.54 Å². The molecule has 0 aliphatic heterocycles. The molecule has 0 saturated carbocycles. The average molecular weight is 566 g/mol. The number of nitrogens with zero attached hydrogens (tertiary/aromatic N) is 1. The molecule has 0 fully saturated rings.